The Morgan fingerprint density at radius 2 is 1.86 bits per heavy atom. The molecule has 2 aromatic carbocycles. The van der Waals surface area contributed by atoms with E-state index in [1.807, 2.05) is 43.3 Å². The highest BCUT2D eigenvalue weighted by molar-refractivity contribution is 7.93. The molecule has 0 saturated carbocycles. The minimum absolute atomic E-state index is 0.0964. The maximum atomic E-state index is 11.9. The first kappa shape index (κ1) is 27.4. The third kappa shape index (κ3) is 6.31. The van der Waals surface area contributed by atoms with Crippen LogP contribution in [0.5, 0.6) is 11.5 Å². The van der Waals surface area contributed by atoms with E-state index in [1.54, 1.807) is 13.8 Å². The van der Waals surface area contributed by atoms with E-state index in [0.29, 0.717) is 34.4 Å². The molecule has 0 radical (unpaired) electrons. The highest BCUT2D eigenvalue weighted by atomic mass is 35.5. The minimum Gasteiger partial charge on any atom is -0.491 e. The quantitative estimate of drug-likeness (QED) is 0.320. The van der Waals surface area contributed by atoms with Crippen LogP contribution in [-0.4, -0.2) is 25.3 Å². The van der Waals surface area contributed by atoms with Gasteiger partial charge in [-0.2, -0.15) is 10.2 Å². The standard InChI is InChI=1S/C26H30ClN3O5S/c1-6-11-33-24-18(14-28)12-20(13-23(24)27)26(4,5)19-7-9-22(10-8-19)34-15-21-16-35-25(29-21)30-36(31,32)17(2)3/h7-10,12-13,16-17H,6,11,15H2,1-5H3,(H,29,30). The van der Waals surface area contributed by atoms with Gasteiger partial charge in [-0.3, -0.25) is 0 Å². The van der Waals surface area contributed by atoms with Crippen molar-refractivity contribution in [3.05, 3.63) is 70.1 Å². The molecule has 0 aliphatic carbocycles. The van der Waals surface area contributed by atoms with Gasteiger partial charge in [0.2, 0.25) is 10.0 Å². The van der Waals surface area contributed by atoms with Crippen molar-refractivity contribution in [2.24, 2.45) is 0 Å². The van der Waals surface area contributed by atoms with Crippen LogP contribution in [0, 0.1) is 11.3 Å². The van der Waals surface area contributed by atoms with Gasteiger partial charge in [0.05, 0.1) is 22.4 Å². The van der Waals surface area contributed by atoms with Crippen LogP contribution in [0.4, 0.5) is 6.01 Å². The molecule has 0 fully saturated rings. The summed E-state index contributed by atoms with van der Waals surface area (Å²) < 4.78 is 42.8. The molecule has 1 N–H and O–H groups in total. The van der Waals surface area contributed by atoms with E-state index in [2.05, 4.69) is 29.6 Å². The monoisotopic (exact) mass is 531 g/mol. The first-order chi connectivity index (χ1) is 17.0. The number of aromatic nitrogens is 1. The molecule has 0 bridgehead atoms. The molecule has 3 rings (SSSR count). The number of hydrogen-bond donors (Lipinski definition) is 1. The molecule has 192 valence electrons. The van der Waals surface area contributed by atoms with Crippen molar-refractivity contribution in [3.8, 4) is 17.6 Å². The largest absolute Gasteiger partial charge is 0.491 e. The Balaban J connectivity index is 1.71. The SMILES string of the molecule is CCCOc1c(Cl)cc(C(C)(C)c2ccc(OCc3coc(NS(=O)(=O)C(C)C)n3)cc2)cc1C#N. The third-order valence-electron chi connectivity index (χ3n) is 5.70. The number of oxazole rings is 1. The molecule has 1 heterocycles. The zero-order valence-corrected chi connectivity index (χ0v) is 22.5. The Bertz CT molecular complexity index is 1340. The number of nitrogens with one attached hydrogen (secondary N) is 1. The van der Waals surface area contributed by atoms with E-state index in [0.717, 1.165) is 17.5 Å². The number of hydrogen-bond acceptors (Lipinski definition) is 7. The first-order valence-corrected chi connectivity index (χ1v) is 13.5. The van der Waals surface area contributed by atoms with Gasteiger partial charge in [-0.25, -0.2) is 13.1 Å². The summed E-state index contributed by atoms with van der Waals surface area (Å²) in [5.74, 6) is 1.03. The summed E-state index contributed by atoms with van der Waals surface area (Å²) in [6.07, 6.45) is 2.16. The van der Waals surface area contributed by atoms with Gasteiger partial charge in [0, 0.05) is 5.41 Å². The summed E-state index contributed by atoms with van der Waals surface area (Å²) in [7, 11) is -3.54. The summed E-state index contributed by atoms with van der Waals surface area (Å²) in [6.45, 7) is 9.82. The summed E-state index contributed by atoms with van der Waals surface area (Å²) in [6, 6.07) is 13.3. The van der Waals surface area contributed by atoms with Crippen LogP contribution in [0.3, 0.4) is 0 Å². The lowest BCUT2D eigenvalue weighted by Crippen LogP contribution is -2.22. The van der Waals surface area contributed by atoms with Crippen LogP contribution < -0.4 is 14.2 Å². The third-order valence-corrected chi connectivity index (χ3v) is 7.68. The molecule has 8 nitrogen and oxygen atoms in total. The Hall–Kier alpha value is -3.22. The number of ether oxygens (including phenoxy) is 2. The molecule has 0 saturated heterocycles. The van der Waals surface area contributed by atoms with Gasteiger partial charge < -0.3 is 13.9 Å². The van der Waals surface area contributed by atoms with Crippen molar-refractivity contribution < 1.29 is 22.3 Å². The lowest BCUT2D eigenvalue weighted by atomic mass is 9.77. The number of anilines is 1. The lowest BCUT2D eigenvalue weighted by Gasteiger charge is -2.27. The molecule has 0 unspecified atom stereocenters. The van der Waals surface area contributed by atoms with Crippen LogP contribution in [0.1, 0.15) is 63.4 Å². The second-order valence-electron chi connectivity index (χ2n) is 9.07. The molecule has 0 atom stereocenters. The van der Waals surface area contributed by atoms with E-state index >= 15 is 0 Å². The van der Waals surface area contributed by atoms with Crippen LogP contribution in [0.15, 0.2) is 47.1 Å². The van der Waals surface area contributed by atoms with Gasteiger partial charge >= 0.3 is 6.01 Å². The fourth-order valence-electron chi connectivity index (χ4n) is 3.34. The zero-order chi connectivity index (χ0) is 26.5. The zero-order valence-electron chi connectivity index (χ0n) is 21.0. The lowest BCUT2D eigenvalue weighted by molar-refractivity contribution is 0.301. The minimum atomic E-state index is -3.54. The molecule has 36 heavy (non-hydrogen) atoms. The van der Waals surface area contributed by atoms with Gasteiger partial charge in [-0.05, 0) is 55.7 Å². The Morgan fingerprint density at radius 1 is 1.17 bits per heavy atom. The second kappa shape index (κ2) is 11.2. The smallest absolute Gasteiger partial charge is 0.308 e. The van der Waals surface area contributed by atoms with E-state index in [-0.39, 0.29) is 12.6 Å². The molecule has 0 amide bonds. The molecule has 0 aliphatic heterocycles. The van der Waals surface area contributed by atoms with Crippen LogP contribution in [0.25, 0.3) is 0 Å². The number of sulfonamides is 1. The van der Waals surface area contributed by atoms with Crippen LogP contribution in [0.2, 0.25) is 5.02 Å². The molecule has 10 heteroatoms. The van der Waals surface area contributed by atoms with Gasteiger partial charge in [0.1, 0.15) is 30.4 Å². The van der Waals surface area contributed by atoms with Gasteiger partial charge in [0.25, 0.3) is 0 Å². The number of nitrogens with zero attached hydrogens (tertiary/aromatic N) is 2. The highest BCUT2D eigenvalue weighted by Crippen LogP contribution is 2.38. The summed E-state index contributed by atoms with van der Waals surface area (Å²) in [5.41, 5.74) is 2.31. The van der Waals surface area contributed by atoms with E-state index in [4.69, 9.17) is 25.5 Å². The van der Waals surface area contributed by atoms with Crippen molar-refractivity contribution in [2.45, 2.75) is 58.3 Å². The fraction of sp³-hybridized carbons (Fsp3) is 0.385. The maximum Gasteiger partial charge on any atom is 0.308 e. The van der Waals surface area contributed by atoms with Crippen molar-refractivity contribution in [2.75, 3.05) is 11.3 Å². The molecule has 0 aliphatic rings. The summed E-state index contributed by atoms with van der Waals surface area (Å²) in [5, 5.41) is 9.42. The van der Waals surface area contributed by atoms with E-state index in [1.165, 1.54) is 6.26 Å². The predicted octanol–water partition coefficient (Wildman–Crippen LogP) is 6.04. The molecular formula is C26H30ClN3O5S. The van der Waals surface area contributed by atoms with Gasteiger partial charge in [-0.1, -0.05) is 44.5 Å². The van der Waals surface area contributed by atoms with Crippen molar-refractivity contribution in [1.29, 1.82) is 5.26 Å². The molecule has 1 aromatic heterocycles. The number of halogens is 1. The molecular weight excluding hydrogens is 502 g/mol. The van der Waals surface area contributed by atoms with E-state index < -0.39 is 20.7 Å². The van der Waals surface area contributed by atoms with Crippen molar-refractivity contribution in [3.63, 3.8) is 0 Å². The Kier molecular flexibility index (Phi) is 8.54. The highest BCUT2D eigenvalue weighted by Gasteiger charge is 2.26. The fourth-order valence-corrected chi connectivity index (χ4v) is 4.19. The second-order valence-corrected chi connectivity index (χ2v) is 11.7. The Labute approximate surface area is 217 Å². The van der Waals surface area contributed by atoms with Crippen molar-refractivity contribution >= 4 is 27.6 Å². The van der Waals surface area contributed by atoms with Crippen LogP contribution in [-0.2, 0) is 22.0 Å². The topological polar surface area (TPSA) is 114 Å². The molecule has 3 aromatic rings. The predicted molar refractivity (Wildman–Crippen MR) is 139 cm³/mol. The van der Waals surface area contributed by atoms with Gasteiger partial charge in [0.15, 0.2) is 5.75 Å². The maximum absolute atomic E-state index is 11.9. The molecule has 0 spiro atoms. The van der Waals surface area contributed by atoms with Crippen LogP contribution >= 0.6 is 11.6 Å². The Morgan fingerprint density at radius 3 is 2.47 bits per heavy atom. The van der Waals surface area contributed by atoms with Crippen molar-refractivity contribution in [1.82, 2.24) is 4.98 Å². The number of rotatable bonds is 11. The normalized spacial score (nSPS) is 11.8. The average molecular weight is 532 g/mol. The first-order valence-electron chi connectivity index (χ1n) is 11.5. The number of nitriles is 1. The van der Waals surface area contributed by atoms with Gasteiger partial charge in [-0.15, -0.1) is 0 Å². The van der Waals surface area contributed by atoms with E-state index in [9.17, 15) is 13.7 Å². The summed E-state index contributed by atoms with van der Waals surface area (Å²) >= 11 is 6.47. The average Bonchev–Trinajstić information content (AvgIpc) is 3.28. The summed E-state index contributed by atoms with van der Waals surface area (Å²) in [4.78, 5) is 4.11. The number of benzene rings is 2.